The smallest absolute Gasteiger partial charge is 0.255 e. The number of rotatable bonds is 5. The summed E-state index contributed by atoms with van der Waals surface area (Å²) in [6, 6.07) is 0.449. The minimum atomic E-state index is -0.888. The number of nitrogens with one attached hydrogen (secondary N) is 2. The Labute approximate surface area is 110 Å². The van der Waals surface area contributed by atoms with Crippen molar-refractivity contribution in [1.29, 1.82) is 0 Å². The van der Waals surface area contributed by atoms with E-state index in [1.807, 2.05) is 6.92 Å². The molecule has 1 heterocycles. The van der Waals surface area contributed by atoms with Gasteiger partial charge < -0.3 is 16.4 Å². The fourth-order valence-corrected chi connectivity index (χ4v) is 1.38. The number of pyridine rings is 1. The van der Waals surface area contributed by atoms with Crippen LogP contribution in [0.4, 0.5) is 10.2 Å². The van der Waals surface area contributed by atoms with Gasteiger partial charge in [0.1, 0.15) is 6.04 Å². The molecule has 6 nitrogen and oxygen atoms in total. The second-order valence-electron chi connectivity index (χ2n) is 4.04. The molecule has 0 aliphatic heterocycles. The Balaban J connectivity index is 2.69. The highest BCUT2D eigenvalue weighted by molar-refractivity contribution is 5.98. The molecule has 1 aromatic heterocycles. The molecule has 0 saturated heterocycles. The molecule has 0 saturated carbocycles. The van der Waals surface area contributed by atoms with Crippen LogP contribution in [0.15, 0.2) is 12.3 Å². The van der Waals surface area contributed by atoms with Gasteiger partial charge in [0, 0.05) is 12.7 Å². The number of hydrogen-bond donors (Lipinski definition) is 3. The number of carbonyl (C=O) groups is 2. The molecule has 4 N–H and O–H groups in total. The maximum Gasteiger partial charge on any atom is 0.255 e. The minimum absolute atomic E-state index is 0.234. The third kappa shape index (κ3) is 3.90. The van der Waals surface area contributed by atoms with Crippen molar-refractivity contribution in [3.8, 4) is 0 Å². The van der Waals surface area contributed by atoms with E-state index in [0.717, 1.165) is 6.42 Å². The lowest BCUT2D eigenvalue weighted by Gasteiger charge is -2.14. The van der Waals surface area contributed by atoms with Gasteiger partial charge in [0.15, 0.2) is 11.6 Å². The molecular weight excluding hydrogens is 251 g/mol. The van der Waals surface area contributed by atoms with Crippen LogP contribution in [-0.4, -0.2) is 29.4 Å². The van der Waals surface area contributed by atoms with Gasteiger partial charge in [0.2, 0.25) is 5.91 Å². The van der Waals surface area contributed by atoms with Gasteiger partial charge in [-0.05, 0) is 19.4 Å². The van der Waals surface area contributed by atoms with E-state index in [-0.39, 0.29) is 17.3 Å². The van der Waals surface area contributed by atoms with Crippen LogP contribution in [0.5, 0.6) is 0 Å². The number of anilines is 1. The molecule has 104 valence electrons. The molecule has 0 aliphatic carbocycles. The van der Waals surface area contributed by atoms with E-state index in [2.05, 4.69) is 15.6 Å². The molecule has 0 aliphatic rings. The van der Waals surface area contributed by atoms with Gasteiger partial charge in [-0.3, -0.25) is 9.59 Å². The summed E-state index contributed by atoms with van der Waals surface area (Å²) in [5.41, 5.74) is 5.04. The van der Waals surface area contributed by atoms with Crippen LogP contribution >= 0.6 is 0 Å². The molecular formula is C12H17FN4O2. The van der Waals surface area contributed by atoms with E-state index in [0.29, 0.717) is 6.54 Å². The standard InChI is InChI=1S/C12H17FN4O2/c1-3-5-16-11(18)7(2)17-12(19)8-4-6-15-10(14)9(8)13/h4,6-7H,3,5H2,1-2H3,(H2,14,15)(H,16,18)(H,17,19). The number of hydrogen-bond acceptors (Lipinski definition) is 4. The first-order valence-electron chi connectivity index (χ1n) is 5.96. The minimum Gasteiger partial charge on any atom is -0.381 e. The van der Waals surface area contributed by atoms with Crippen LogP contribution in [0.2, 0.25) is 0 Å². The molecule has 0 fully saturated rings. The topological polar surface area (TPSA) is 97.1 Å². The summed E-state index contributed by atoms with van der Waals surface area (Å²) in [7, 11) is 0. The number of nitrogen functional groups attached to an aromatic ring is 1. The molecule has 19 heavy (non-hydrogen) atoms. The van der Waals surface area contributed by atoms with Gasteiger partial charge in [0.25, 0.3) is 5.91 Å². The highest BCUT2D eigenvalue weighted by Gasteiger charge is 2.19. The average molecular weight is 268 g/mol. The van der Waals surface area contributed by atoms with E-state index in [1.165, 1.54) is 19.2 Å². The highest BCUT2D eigenvalue weighted by atomic mass is 19.1. The lowest BCUT2D eigenvalue weighted by Crippen LogP contribution is -2.45. The fourth-order valence-electron chi connectivity index (χ4n) is 1.38. The van der Waals surface area contributed by atoms with Crippen molar-refractivity contribution >= 4 is 17.6 Å². The van der Waals surface area contributed by atoms with E-state index in [9.17, 15) is 14.0 Å². The average Bonchev–Trinajstić information content (AvgIpc) is 2.38. The zero-order valence-electron chi connectivity index (χ0n) is 10.9. The van der Waals surface area contributed by atoms with Crippen LogP contribution in [0.3, 0.4) is 0 Å². The van der Waals surface area contributed by atoms with Crippen molar-refractivity contribution in [2.24, 2.45) is 0 Å². The van der Waals surface area contributed by atoms with Crippen LogP contribution in [-0.2, 0) is 4.79 Å². The maximum atomic E-state index is 13.6. The van der Waals surface area contributed by atoms with Crippen molar-refractivity contribution in [1.82, 2.24) is 15.6 Å². The van der Waals surface area contributed by atoms with Crippen molar-refractivity contribution in [3.63, 3.8) is 0 Å². The molecule has 0 aromatic carbocycles. The van der Waals surface area contributed by atoms with Crippen LogP contribution in [0, 0.1) is 5.82 Å². The SMILES string of the molecule is CCCNC(=O)C(C)NC(=O)c1ccnc(N)c1F. The lowest BCUT2D eigenvalue weighted by atomic mass is 10.2. The number of nitrogens with zero attached hydrogens (tertiary/aromatic N) is 1. The van der Waals surface area contributed by atoms with Gasteiger partial charge in [-0.2, -0.15) is 0 Å². The van der Waals surface area contributed by atoms with E-state index in [1.54, 1.807) is 0 Å². The van der Waals surface area contributed by atoms with Crippen LogP contribution in [0.25, 0.3) is 0 Å². The predicted molar refractivity (Wildman–Crippen MR) is 68.8 cm³/mol. The quantitative estimate of drug-likeness (QED) is 0.722. The van der Waals surface area contributed by atoms with Crippen molar-refractivity contribution in [3.05, 3.63) is 23.6 Å². The zero-order valence-corrected chi connectivity index (χ0v) is 10.9. The first-order chi connectivity index (χ1) is 8.97. The van der Waals surface area contributed by atoms with E-state index in [4.69, 9.17) is 5.73 Å². The summed E-state index contributed by atoms with van der Waals surface area (Å²) in [5.74, 6) is -2.26. The van der Waals surface area contributed by atoms with Crippen LogP contribution in [0.1, 0.15) is 30.6 Å². The number of amides is 2. The summed E-state index contributed by atoms with van der Waals surface area (Å²) in [4.78, 5) is 26.9. The predicted octanol–water partition coefficient (Wildman–Crippen LogP) is 0.447. The Bertz CT molecular complexity index is 479. The third-order valence-electron chi connectivity index (χ3n) is 2.45. The second kappa shape index (κ2) is 6.67. The maximum absolute atomic E-state index is 13.6. The van der Waals surface area contributed by atoms with Crippen LogP contribution < -0.4 is 16.4 Å². The van der Waals surface area contributed by atoms with Crippen molar-refractivity contribution in [2.45, 2.75) is 26.3 Å². The van der Waals surface area contributed by atoms with Gasteiger partial charge in [0.05, 0.1) is 5.56 Å². The fraction of sp³-hybridized carbons (Fsp3) is 0.417. The van der Waals surface area contributed by atoms with Gasteiger partial charge in [-0.15, -0.1) is 0 Å². The number of carbonyl (C=O) groups excluding carboxylic acids is 2. The van der Waals surface area contributed by atoms with E-state index < -0.39 is 17.8 Å². The highest BCUT2D eigenvalue weighted by Crippen LogP contribution is 2.11. The zero-order chi connectivity index (χ0) is 14.4. The Kier molecular flexibility index (Phi) is 5.23. The first kappa shape index (κ1) is 14.9. The summed E-state index contributed by atoms with van der Waals surface area (Å²) in [5, 5.41) is 5.03. The Morgan fingerprint density at radius 2 is 2.21 bits per heavy atom. The normalized spacial score (nSPS) is 11.7. The van der Waals surface area contributed by atoms with Gasteiger partial charge in [-0.1, -0.05) is 6.92 Å². The molecule has 0 spiro atoms. The molecule has 0 radical (unpaired) electrons. The molecule has 2 amide bonds. The number of halogens is 1. The van der Waals surface area contributed by atoms with Gasteiger partial charge in [-0.25, -0.2) is 9.37 Å². The molecule has 1 rings (SSSR count). The first-order valence-corrected chi connectivity index (χ1v) is 5.96. The van der Waals surface area contributed by atoms with Gasteiger partial charge >= 0.3 is 0 Å². The molecule has 1 unspecified atom stereocenters. The third-order valence-corrected chi connectivity index (χ3v) is 2.45. The summed E-state index contributed by atoms with van der Waals surface area (Å²) in [6.45, 7) is 3.96. The lowest BCUT2D eigenvalue weighted by molar-refractivity contribution is -0.122. The summed E-state index contributed by atoms with van der Waals surface area (Å²) >= 11 is 0. The number of nitrogens with two attached hydrogens (primary N) is 1. The second-order valence-corrected chi connectivity index (χ2v) is 4.04. The Morgan fingerprint density at radius 3 is 2.84 bits per heavy atom. The molecule has 1 aromatic rings. The summed E-state index contributed by atoms with van der Waals surface area (Å²) < 4.78 is 13.6. The van der Waals surface area contributed by atoms with E-state index >= 15 is 0 Å². The Morgan fingerprint density at radius 1 is 1.53 bits per heavy atom. The van der Waals surface area contributed by atoms with Crippen molar-refractivity contribution in [2.75, 3.05) is 12.3 Å². The largest absolute Gasteiger partial charge is 0.381 e. The molecule has 1 atom stereocenters. The van der Waals surface area contributed by atoms with Crippen molar-refractivity contribution < 1.29 is 14.0 Å². The monoisotopic (exact) mass is 268 g/mol. The Hall–Kier alpha value is -2.18. The molecule has 0 bridgehead atoms. The number of aromatic nitrogens is 1. The molecule has 7 heteroatoms. The summed E-state index contributed by atoms with van der Waals surface area (Å²) in [6.07, 6.45) is 2.02.